The van der Waals surface area contributed by atoms with E-state index < -0.39 is 5.97 Å². The fourth-order valence-electron chi connectivity index (χ4n) is 3.03. The molecule has 1 saturated heterocycles. The monoisotopic (exact) mass is 428 g/mol. The number of anilines is 1. The van der Waals surface area contributed by atoms with Gasteiger partial charge in [-0.15, -0.1) is 0 Å². The quantitative estimate of drug-likeness (QED) is 0.596. The summed E-state index contributed by atoms with van der Waals surface area (Å²) in [6.45, 7) is 3.70. The highest BCUT2D eigenvalue weighted by molar-refractivity contribution is 8.18. The van der Waals surface area contributed by atoms with Gasteiger partial charge in [-0.2, -0.15) is 4.99 Å². The second-order valence-electron chi connectivity index (χ2n) is 6.19. The summed E-state index contributed by atoms with van der Waals surface area (Å²) in [5.41, 5.74) is 2.35. The summed E-state index contributed by atoms with van der Waals surface area (Å²) in [6, 6.07) is 7.32. The van der Waals surface area contributed by atoms with Gasteiger partial charge in [0, 0.05) is 12.6 Å². The topological polar surface area (TPSA) is 101 Å². The molecular formula is C19H16N4O4S2. The summed E-state index contributed by atoms with van der Waals surface area (Å²) in [5.74, 6) is -1.07. The zero-order valence-corrected chi connectivity index (χ0v) is 17.4. The smallest absolute Gasteiger partial charge is 0.350 e. The summed E-state index contributed by atoms with van der Waals surface area (Å²) in [5, 5.41) is 3.31. The molecule has 0 spiro atoms. The number of likely N-dealkylation sites (N-methyl/N-ethyl adjacent to an activating group) is 1. The number of para-hydroxylation sites is 1. The number of carbonyl (C=O) groups excluding carboxylic acids is 3. The second kappa shape index (κ2) is 7.45. The Hall–Kier alpha value is -2.98. The Morgan fingerprint density at radius 2 is 2.07 bits per heavy atom. The molecule has 1 N–H and O–H groups in total. The van der Waals surface area contributed by atoms with Crippen LogP contribution < -0.4 is 10.2 Å². The third kappa shape index (κ3) is 3.34. The fraction of sp³-hybridized carbons (Fsp3) is 0.211. The number of fused-ring (bicyclic) bond motifs is 1. The minimum atomic E-state index is -0.448. The highest BCUT2D eigenvalue weighted by Crippen LogP contribution is 2.42. The number of nitrogens with one attached hydrogen (secondary N) is 1. The summed E-state index contributed by atoms with van der Waals surface area (Å²) < 4.78 is 5.01. The van der Waals surface area contributed by atoms with Crippen molar-refractivity contribution >= 4 is 62.4 Å². The molecule has 148 valence electrons. The molecule has 2 amide bonds. The first kappa shape index (κ1) is 19.3. The molecule has 0 radical (unpaired) electrons. The van der Waals surface area contributed by atoms with Crippen LogP contribution in [0.2, 0.25) is 0 Å². The van der Waals surface area contributed by atoms with Gasteiger partial charge in [0.25, 0.3) is 11.8 Å². The van der Waals surface area contributed by atoms with Gasteiger partial charge >= 0.3 is 5.97 Å². The number of thioether (sulfide) groups is 1. The zero-order chi connectivity index (χ0) is 20.7. The molecule has 1 aromatic carbocycles. The molecule has 0 bridgehead atoms. The number of carbonyl (C=O) groups is 3. The standard InChI is InChI=1S/C19H16N4O4S2/c1-4-27-17(26)13-9(2)20-18(28-13)22-19-21-15(24)14(29-19)12-10-7-5-6-8-11(10)23(3)16(12)25/h5-8H,4H2,1-3H3,(H,20,21,22,24)/b14-12-. The largest absolute Gasteiger partial charge is 0.462 e. The zero-order valence-electron chi connectivity index (χ0n) is 15.8. The van der Waals surface area contributed by atoms with Crippen LogP contribution in [0, 0.1) is 6.92 Å². The number of aromatic nitrogens is 1. The van der Waals surface area contributed by atoms with Gasteiger partial charge in [-0.1, -0.05) is 29.5 Å². The van der Waals surface area contributed by atoms with E-state index in [4.69, 9.17) is 4.74 Å². The Bertz CT molecular complexity index is 1120. The second-order valence-corrected chi connectivity index (χ2v) is 8.17. The maximum Gasteiger partial charge on any atom is 0.350 e. The third-order valence-electron chi connectivity index (χ3n) is 4.35. The van der Waals surface area contributed by atoms with Crippen LogP contribution in [0.25, 0.3) is 5.57 Å². The highest BCUT2D eigenvalue weighted by Gasteiger charge is 2.37. The van der Waals surface area contributed by atoms with Gasteiger partial charge in [-0.3, -0.25) is 9.59 Å². The van der Waals surface area contributed by atoms with E-state index >= 15 is 0 Å². The third-order valence-corrected chi connectivity index (χ3v) is 6.36. The van der Waals surface area contributed by atoms with Crippen LogP contribution >= 0.6 is 23.1 Å². The molecule has 29 heavy (non-hydrogen) atoms. The van der Waals surface area contributed by atoms with Crippen molar-refractivity contribution in [3.8, 4) is 0 Å². The minimum absolute atomic E-state index is 0.236. The van der Waals surface area contributed by atoms with Crippen molar-refractivity contribution in [2.24, 2.45) is 4.99 Å². The van der Waals surface area contributed by atoms with E-state index in [1.165, 1.54) is 4.90 Å². The van der Waals surface area contributed by atoms with Gasteiger partial charge in [-0.25, -0.2) is 9.78 Å². The van der Waals surface area contributed by atoms with Crippen molar-refractivity contribution in [2.45, 2.75) is 13.8 Å². The maximum absolute atomic E-state index is 12.7. The molecule has 0 atom stereocenters. The number of hydrogen-bond donors (Lipinski definition) is 1. The molecule has 2 aliphatic rings. The Balaban J connectivity index is 1.67. The van der Waals surface area contributed by atoms with E-state index in [0.717, 1.165) is 28.8 Å². The molecule has 8 nitrogen and oxygen atoms in total. The molecule has 4 rings (SSSR count). The Morgan fingerprint density at radius 3 is 2.83 bits per heavy atom. The van der Waals surface area contributed by atoms with Gasteiger partial charge in [0.1, 0.15) is 4.88 Å². The first-order valence-corrected chi connectivity index (χ1v) is 10.4. The fourth-order valence-corrected chi connectivity index (χ4v) is 4.84. The van der Waals surface area contributed by atoms with Crippen molar-refractivity contribution in [3.05, 3.63) is 45.3 Å². The predicted molar refractivity (Wildman–Crippen MR) is 112 cm³/mol. The van der Waals surface area contributed by atoms with E-state index in [2.05, 4.69) is 15.3 Å². The molecule has 1 aromatic heterocycles. The van der Waals surface area contributed by atoms with Gasteiger partial charge < -0.3 is 15.0 Å². The highest BCUT2D eigenvalue weighted by atomic mass is 32.2. The maximum atomic E-state index is 12.7. The first-order chi connectivity index (χ1) is 13.9. The van der Waals surface area contributed by atoms with Crippen LogP contribution in [0.4, 0.5) is 10.8 Å². The van der Waals surface area contributed by atoms with E-state index in [1.54, 1.807) is 20.9 Å². The van der Waals surface area contributed by atoms with E-state index in [9.17, 15) is 14.4 Å². The molecular weight excluding hydrogens is 412 g/mol. The molecule has 0 unspecified atom stereocenters. The van der Waals surface area contributed by atoms with Crippen LogP contribution in [-0.4, -0.2) is 41.6 Å². The molecule has 1 fully saturated rings. The average Bonchev–Trinajstić information content (AvgIpc) is 3.31. The molecule has 2 aromatic rings. The van der Waals surface area contributed by atoms with Crippen LogP contribution in [-0.2, 0) is 14.3 Å². The number of thiazole rings is 1. The van der Waals surface area contributed by atoms with Crippen LogP contribution in [0.15, 0.2) is 34.2 Å². The predicted octanol–water partition coefficient (Wildman–Crippen LogP) is 2.87. The lowest BCUT2D eigenvalue weighted by Gasteiger charge is -2.08. The lowest BCUT2D eigenvalue weighted by atomic mass is 10.1. The molecule has 2 aliphatic heterocycles. The van der Waals surface area contributed by atoms with Gasteiger partial charge in [0.05, 0.1) is 28.5 Å². The van der Waals surface area contributed by atoms with Crippen molar-refractivity contribution in [1.29, 1.82) is 0 Å². The number of amides is 2. The summed E-state index contributed by atoms with van der Waals surface area (Å²) in [7, 11) is 1.68. The van der Waals surface area contributed by atoms with Crippen molar-refractivity contribution in [3.63, 3.8) is 0 Å². The van der Waals surface area contributed by atoms with E-state index in [1.807, 2.05) is 24.3 Å². The first-order valence-electron chi connectivity index (χ1n) is 8.74. The summed E-state index contributed by atoms with van der Waals surface area (Å²) in [6.07, 6.45) is 0. The van der Waals surface area contributed by atoms with Gasteiger partial charge in [0.2, 0.25) is 5.13 Å². The number of rotatable bonds is 3. The van der Waals surface area contributed by atoms with E-state index in [-0.39, 0.29) is 18.4 Å². The van der Waals surface area contributed by atoms with Gasteiger partial charge in [-0.05, 0) is 31.7 Å². The van der Waals surface area contributed by atoms with Gasteiger partial charge in [0.15, 0.2) is 5.17 Å². The number of esters is 1. The lowest BCUT2D eigenvalue weighted by molar-refractivity contribution is -0.116. The average molecular weight is 428 g/mol. The number of amidine groups is 1. The summed E-state index contributed by atoms with van der Waals surface area (Å²) >= 11 is 2.18. The van der Waals surface area contributed by atoms with Crippen molar-refractivity contribution < 1.29 is 19.1 Å². The number of hydrogen-bond acceptors (Lipinski definition) is 8. The molecule has 0 saturated carbocycles. The normalized spacial score (nSPS) is 19.7. The lowest BCUT2D eigenvalue weighted by Crippen LogP contribution is -2.23. The van der Waals surface area contributed by atoms with Crippen molar-refractivity contribution in [2.75, 3.05) is 18.6 Å². The number of nitrogens with zero attached hydrogens (tertiary/aromatic N) is 3. The minimum Gasteiger partial charge on any atom is -0.462 e. The summed E-state index contributed by atoms with van der Waals surface area (Å²) in [4.78, 5) is 48.0. The molecule has 10 heteroatoms. The number of aryl methyl sites for hydroxylation is 1. The Morgan fingerprint density at radius 1 is 1.31 bits per heavy atom. The number of aliphatic imine (C=N–C) groups is 1. The molecule has 0 aliphatic carbocycles. The SMILES string of the molecule is CCOC(=O)c1sc(N=C2NC(=O)/C(=C3/C(=O)N(C)c4ccccc43)S2)nc1C. The Labute approximate surface area is 174 Å². The molecule has 3 heterocycles. The van der Waals surface area contributed by atoms with Crippen LogP contribution in [0.5, 0.6) is 0 Å². The number of benzene rings is 1. The number of ether oxygens (including phenoxy) is 1. The van der Waals surface area contributed by atoms with Crippen molar-refractivity contribution in [1.82, 2.24) is 10.3 Å². The Kier molecular flexibility index (Phi) is 4.97. The van der Waals surface area contributed by atoms with E-state index in [0.29, 0.717) is 36.9 Å². The van der Waals surface area contributed by atoms with Crippen LogP contribution in [0.3, 0.4) is 0 Å². The van der Waals surface area contributed by atoms with Crippen LogP contribution in [0.1, 0.15) is 27.9 Å².